The van der Waals surface area contributed by atoms with Crippen molar-refractivity contribution in [3.05, 3.63) is 34.6 Å². The van der Waals surface area contributed by atoms with E-state index in [1.54, 1.807) is 6.07 Å². The summed E-state index contributed by atoms with van der Waals surface area (Å²) in [4.78, 5) is 0.903. The Hall–Kier alpha value is -0.980. The van der Waals surface area contributed by atoms with E-state index in [2.05, 4.69) is 22.4 Å². The Bertz CT molecular complexity index is 542. The predicted octanol–water partition coefficient (Wildman–Crippen LogP) is 3.64. The molecule has 0 unspecified atom stereocenters. The van der Waals surface area contributed by atoms with Crippen LogP contribution >= 0.6 is 23.1 Å². The van der Waals surface area contributed by atoms with Gasteiger partial charge in [-0.05, 0) is 32.0 Å². The number of nitrogens with one attached hydrogen (secondary N) is 1. The molecule has 2 rings (SSSR count). The van der Waals surface area contributed by atoms with Crippen LogP contribution in [0.15, 0.2) is 27.4 Å². The van der Waals surface area contributed by atoms with Crippen LogP contribution in [0.5, 0.6) is 0 Å². The van der Waals surface area contributed by atoms with Gasteiger partial charge in [-0.2, -0.15) is 0 Å². The topological polar surface area (TPSA) is 37.8 Å². The average molecular weight is 297 g/mol. The van der Waals surface area contributed by atoms with Gasteiger partial charge in [-0.3, -0.25) is 0 Å². The van der Waals surface area contributed by atoms with Gasteiger partial charge in [0.1, 0.15) is 10.8 Å². The third kappa shape index (κ3) is 3.99. The zero-order valence-corrected chi connectivity index (χ0v) is 12.6. The number of benzene rings is 1. The third-order valence-electron chi connectivity index (χ3n) is 2.51. The lowest BCUT2D eigenvalue weighted by Crippen LogP contribution is -2.15. The van der Waals surface area contributed by atoms with Gasteiger partial charge in [-0.15, -0.1) is 10.2 Å². The van der Waals surface area contributed by atoms with Crippen molar-refractivity contribution in [2.24, 2.45) is 0 Å². The monoisotopic (exact) mass is 297 g/mol. The second kappa shape index (κ2) is 6.98. The Morgan fingerprint density at radius 1 is 1.37 bits per heavy atom. The Balaban J connectivity index is 2.16. The van der Waals surface area contributed by atoms with Crippen molar-refractivity contribution >= 4 is 23.1 Å². The summed E-state index contributed by atoms with van der Waals surface area (Å²) in [6, 6.07) is 5.15. The number of halogens is 1. The molecule has 1 N–H and O–H groups in total. The quantitative estimate of drug-likeness (QED) is 0.826. The van der Waals surface area contributed by atoms with Crippen LogP contribution in [0, 0.1) is 12.7 Å². The standard InChI is InChI=1S/C13H16FN3S2/c1-3-7-15-8-10-11(14)5-4-6-12(10)19-13-17-16-9(2)18-13/h4-6,15H,3,7-8H2,1-2H3. The molecule has 0 amide bonds. The Morgan fingerprint density at radius 2 is 2.21 bits per heavy atom. The van der Waals surface area contributed by atoms with E-state index in [0.29, 0.717) is 12.1 Å². The predicted molar refractivity (Wildman–Crippen MR) is 77.2 cm³/mol. The van der Waals surface area contributed by atoms with Crippen LogP contribution in [0.3, 0.4) is 0 Å². The van der Waals surface area contributed by atoms with E-state index in [9.17, 15) is 4.39 Å². The lowest BCUT2D eigenvalue weighted by Gasteiger charge is -2.09. The summed E-state index contributed by atoms with van der Waals surface area (Å²) < 4.78 is 14.7. The van der Waals surface area contributed by atoms with Gasteiger partial charge in [0.05, 0.1) is 0 Å². The number of aryl methyl sites for hydroxylation is 1. The summed E-state index contributed by atoms with van der Waals surface area (Å²) in [5.41, 5.74) is 0.703. The molecule has 3 nitrogen and oxygen atoms in total. The van der Waals surface area contributed by atoms with E-state index < -0.39 is 0 Å². The molecule has 6 heteroatoms. The number of hydrogen-bond donors (Lipinski definition) is 1. The van der Waals surface area contributed by atoms with Gasteiger partial charge in [0.15, 0.2) is 4.34 Å². The van der Waals surface area contributed by atoms with Crippen LogP contribution in [-0.4, -0.2) is 16.7 Å². The number of nitrogens with zero attached hydrogens (tertiary/aromatic N) is 2. The number of hydrogen-bond acceptors (Lipinski definition) is 5. The van der Waals surface area contributed by atoms with E-state index in [1.165, 1.54) is 29.2 Å². The van der Waals surface area contributed by atoms with Crippen molar-refractivity contribution < 1.29 is 4.39 Å². The molecule has 0 aliphatic rings. The first kappa shape index (κ1) is 14.4. The van der Waals surface area contributed by atoms with E-state index in [-0.39, 0.29) is 5.82 Å². The second-order valence-electron chi connectivity index (χ2n) is 4.08. The Morgan fingerprint density at radius 3 is 2.89 bits per heavy atom. The molecule has 0 radical (unpaired) electrons. The first-order valence-electron chi connectivity index (χ1n) is 6.16. The smallest absolute Gasteiger partial charge is 0.179 e. The summed E-state index contributed by atoms with van der Waals surface area (Å²) in [5, 5.41) is 12.2. The summed E-state index contributed by atoms with van der Waals surface area (Å²) in [6.07, 6.45) is 1.03. The van der Waals surface area contributed by atoms with Crippen LogP contribution in [0.4, 0.5) is 4.39 Å². The van der Waals surface area contributed by atoms with Crippen molar-refractivity contribution in [2.75, 3.05) is 6.54 Å². The van der Waals surface area contributed by atoms with Crippen LogP contribution in [0.2, 0.25) is 0 Å². The lowest BCUT2D eigenvalue weighted by atomic mass is 10.2. The van der Waals surface area contributed by atoms with Gasteiger partial charge in [0.25, 0.3) is 0 Å². The molecule has 0 fully saturated rings. The normalized spacial score (nSPS) is 10.9. The minimum atomic E-state index is -0.171. The van der Waals surface area contributed by atoms with E-state index in [1.807, 2.05) is 13.0 Å². The molecule has 2 aromatic rings. The number of aromatic nitrogens is 2. The number of rotatable bonds is 6. The summed E-state index contributed by atoms with van der Waals surface area (Å²) in [6.45, 7) is 5.43. The maximum absolute atomic E-state index is 13.9. The molecule has 0 aliphatic heterocycles. The van der Waals surface area contributed by atoms with Crippen LogP contribution < -0.4 is 5.32 Å². The van der Waals surface area contributed by atoms with Gasteiger partial charge >= 0.3 is 0 Å². The van der Waals surface area contributed by atoms with Gasteiger partial charge in [0.2, 0.25) is 0 Å². The van der Waals surface area contributed by atoms with Gasteiger partial charge in [0, 0.05) is 17.0 Å². The Labute approximate surface area is 120 Å². The molecule has 0 saturated carbocycles. The molecule has 1 aromatic carbocycles. The molecule has 102 valence electrons. The highest BCUT2D eigenvalue weighted by atomic mass is 32.2. The largest absolute Gasteiger partial charge is 0.313 e. The molecule has 0 bridgehead atoms. The second-order valence-corrected chi connectivity index (χ2v) is 6.55. The fourth-order valence-electron chi connectivity index (χ4n) is 1.61. The van der Waals surface area contributed by atoms with Crippen molar-refractivity contribution in [1.29, 1.82) is 0 Å². The highest BCUT2D eigenvalue weighted by molar-refractivity contribution is 8.01. The minimum Gasteiger partial charge on any atom is -0.313 e. The van der Waals surface area contributed by atoms with Crippen molar-refractivity contribution in [2.45, 2.75) is 36.0 Å². The lowest BCUT2D eigenvalue weighted by molar-refractivity contribution is 0.578. The molecule has 0 spiro atoms. The van der Waals surface area contributed by atoms with Gasteiger partial charge < -0.3 is 5.32 Å². The molecular formula is C13H16FN3S2. The van der Waals surface area contributed by atoms with Crippen molar-refractivity contribution in [3.63, 3.8) is 0 Å². The molecule has 0 saturated heterocycles. The summed E-state index contributed by atoms with van der Waals surface area (Å²) in [5.74, 6) is -0.171. The van der Waals surface area contributed by atoms with Crippen molar-refractivity contribution in [3.8, 4) is 0 Å². The maximum Gasteiger partial charge on any atom is 0.179 e. The first-order valence-corrected chi connectivity index (χ1v) is 7.80. The Kier molecular flexibility index (Phi) is 5.30. The molecule has 0 aliphatic carbocycles. The third-order valence-corrected chi connectivity index (χ3v) is 4.50. The molecule has 1 heterocycles. The van der Waals surface area contributed by atoms with Crippen LogP contribution in [0.25, 0.3) is 0 Å². The fourth-order valence-corrected chi connectivity index (χ4v) is 3.53. The van der Waals surface area contributed by atoms with Crippen LogP contribution in [-0.2, 0) is 6.54 Å². The summed E-state index contributed by atoms with van der Waals surface area (Å²) >= 11 is 3.00. The zero-order chi connectivity index (χ0) is 13.7. The van der Waals surface area contributed by atoms with E-state index in [4.69, 9.17) is 0 Å². The van der Waals surface area contributed by atoms with Crippen LogP contribution in [0.1, 0.15) is 23.9 Å². The van der Waals surface area contributed by atoms with E-state index in [0.717, 1.165) is 27.2 Å². The first-order chi connectivity index (χ1) is 9.20. The zero-order valence-electron chi connectivity index (χ0n) is 10.9. The maximum atomic E-state index is 13.9. The highest BCUT2D eigenvalue weighted by Crippen LogP contribution is 2.33. The molecule has 1 aromatic heterocycles. The fraction of sp³-hybridized carbons (Fsp3) is 0.385. The van der Waals surface area contributed by atoms with Gasteiger partial charge in [-0.1, -0.05) is 36.1 Å². The van der Waals surface area contributed by atoms with Crippen molar-refractivity contribution in [1.82, 2.24) is 15.5 Å². The molecule has 19 heavy (non-hydrogen) atoms. The van der Waals surface area contributed by atoms with E-state index >= 15 is 0 Å². The SMILES string of the molecule is CCCNCc1c(F)cccc1Sc1nnc(C)s1. The molecule has 0 atom stereocenters. The summed E-state index contributed by atoms with van der Waals surface area (Å²) in [7, 11) is 0. The highest BCUT2D eigenvalue weighted by Gasteiger charge is 2.11. The molecular weight excluding hydrogens is 281 g/mol. The van der Waals surface area contributed by atoms with Gasteiger partial charge in [-0.25, -0.2) is 4.39 Å². The minimum absolute atomic E-state index is 0.171. The average Bonchev–Trinajstić information content (AvgIpc) is 2.78.